The Hall–Kier alpha value is -5.92. The number of hydrogen-bond acceptors (Lipinski definition) is 0. The molecular formula is C48H37N. The molecular weight excluding hydrogens is 591 g/mol. The van der Waals surface area contributed by atoms with Crippen LogP contribution in [0.5, 0.6) is 0 Å². The molecule has 9 rings (SSSR count). The van der Waals surface area contributed by atoms with Crippen LogP contribution in [0.3, 0.4) is 0 Å². The van der Waals surface area contributed by atoms with E-state index in [0.29, 0.717) is 5.92 Å². The average Bonchev–Trinajstić information content (AvgIpc) is 3.63. The fourth-order valence-corrected chi connectivity index (χ4v) is 7.73. The van der Waals surface area contributed by atoms with Gasteiger partial charge >= 0.3 is 0 Å². The molecule has 6 aromatic carbocycles. The van der Waals surface area contributed by atoms with Crippen molar-refractivity contribution in [3.8, 4) is 39.1 Å². The molecule has 1 atom stereocenters. The van der Waals surface area contributed by atoms with Crippen molar-refractivity contribution in [2.24, 2.45) is 0 Å². The van der Waals surface area contributed by atoms with Crippen LogP contribution in [0.1, 0.15) is 36.6 Å². The van der Waals surface area contributed by atoms with E-state index in [1.54, 1.807) is 0 Å². The zero-order chi connectivity index (χ0) is 32.6. The van der Waals surface area contributed by atoms with Gasteiger partial charge in [0.05, 0.1) is 0 Å². The number of fused-ring (bicyclic) bond motifs is 2. The van der Waals surface area contributed by atoms with E-state index in [1.165, 1.54) is 77.6 Å². The highest BCUT2D eigenvalue weighted by molar-refractivity contribution is 6.10. The van der Waals surface area contributed by atoms with Gasteiger partial charge in [0.1, 0.15) is 0 Å². The Bertz CT molecular complexity index is 2430. The molecule has 2 aliphatic rings. The average molecular weight is 628 g/mol. The second kappa shape index (κ2) is 12.6. The maximum Gasteiger partial charge on any atom is 0.0491 e. The van der Waals surface area contributed by atoms with Crippen molar-refractivity contribution in [3.63, 3.8) is 0 Å². The summed E-state index contributed by atoms with van der Waals surface area (Å²) in [5.41, 5.74) is 12.7. The molecule has 1 heterocycles. The number of allylic oxidation sites excluding steroid dienone is 8. The molecule has 1 heteroatoms. The van der Waals surface area contributed by atoms with Crippen molar-refractivity contribution in [3.05, 3.63) is 193 Å². The van der Waals surface area contributed by atoms with Crippen molar-refractivity contribution in [2.75, 3.05) is 0 Å². The fraction of sp³-hybridized carbons (Fsp3) is 0.0833. The van der Waals surface area contributed by atoms with E-state index in [0.717, 1.165) is 19.3 Å². The second-order valence-electron chi connectivity index (χ2n) is 13.2. The van der Waals surface area contributed by atoms with Crippen LogP contribution >= 0.6 is 0 Å². The first-order chi connectivity index (χ1) is 24.3. The lowest BCUT2D eigenvalue weighted by Gasteiger charge is -2.21. The molecule has 1 nitrogen and oxygen atoms in total. The van der Waals surface area contributed by atoms with Gasteiger partial charge in [-0.1, -0.05) is 134 Å². The summed E-state index contributed by atoms with van der Waals surface area (Å²) in [6.07, 6.45) is 18.9. The summed E-state index contributed by atoms with van der Waals surface area (Å²) in [5, 5.41) is 5.06. The number of benzene rings is 6. The Labute approximate surface area is 288 Å². The third-order valence-corrected chi connectivity index (χ3v) is 10.2. The first kappa shape index (κ1) is 29.2. The number of rotatable bonds is 6. The molecule has 0 amide bonds. The SMILES string of the molecule is C1=CCCC(c2ccc(C3C=CC=CC3)n2-c2ccc(-c3cc(-c4ccccc4)c4cc5cccc(-c6ccccc6)c5cc4c3)cc2)=C1. The van der Waals surface area contributed by atoms with Gasteiger partial charge in [0.25, 0.3) is 0 Å². The van der Waals surface area contributed by atoms with E-state index >= 15 is 0 Å². The fourth-order valence-electron chi connectivity index (χ4n) is 7.73. The lowest BCUT2D eigenvalue weighted by atomic mass is 9.89. The molecule has 1 unspecified atom stereocenters. The minimum Gasteiger partial charge on any atom is -0.313 e. The predicted molar refractivity (Wildman–Crippen MR) is 209 cm³/mol. The summed E-state index contributed by atoms with van der Waals surface area (Å²) in [6.45, 7) is 0. The van der Waals surface area contributed by atoms with Crippen LogP contribution in [0, 0.1) is 0 Å². The van der Waals surface area contributed by atoms with E-state index in [1.807, 2.05) is 0 Å². The zero-order valence-electron chi connectivity index (χ0n) is 27.5. The van der Waals surface area contributed by atoms with Crippen molar-refractivity contribution in [1.82, 2.24) is 4.57 Å². The standard InChI is InChI=1S/C48H37N/c1-5-14-35(15-6-1)43-23-13-22-39-31-46-41(33-45(39)43)30-40(32-44(46)36-16-7-2-8-17-36)34-24-26-42(27-25-34)49-47(37-18-9-3-10-19-37)28-29-48(49)38-20-11-4-12-21-38/h1-11,13-18,20,22-33,37H,12,19,21H2. The molecule has 49 heavy (non-hydrogen) atoms. The quantitative estimate of drug-likeness (QED) is 0.162. The topological polar surface area (TPSA) is 4.93 Å². The summed E-state index contributed by atoms with van der Waals surface area (Å²) in [4.78, 5) is 0. The molecule has 1 aromatic heterocycles. The van der Waals surface area contributed by atoms with Gasteiger partial charge in [0, 0.05) is 23.0 Å². The number of aromatic nitrogens is 1. The molecule has 0 radical (unpaired) electrons. The molecule has 0 aliphatic heterocycles. The molecule has 2 aliphatic carbocycles. The van der Waals surface area contributed by atoms with Crippen LogP contribution in [0.2, 0.25) is 0 Å². The van der Waals surface area contributed by atoms with Crippen molar-refractivity contribution in [2.45, 2.75) is 25.2 Å². The molecule has 234 valence electrons. The maximum absolute atomic E-state index is 2.50. The Kier molecular flexibility index (Phi) is 7.52. The van der Waals surface area contributed by atoms with Crippen molar-refractivity contribution < 1.29 is 0 Å². The van der Waals surface area contributed by atoms with Crippen LogP contribution in [-0.4, -0.2) is 4.57 Å². The highest BCUT2D eigenvalue weighted by Crippen LogP contribution is 2.40. The van der Waals surface area contributed by atoms with Crippen LogP contribution < -0.4 is 0 Å². The predicted octanol–water partition coefficient (Wildman–Crippen LogP) is 13.1. The van der Waals surface area contributed by atoms with Gasteiger partial charge in [-0.3, -0.25) is 0 Å². The summed E-state index contributed by atoms with van der Waals surface area (Å²) < 4.78 is 2.50. The highest BCUT2D eigenvalue weighted by Gasteiger charge is 2.20. The number of nitrogens with zero attached hydrogens (tertiary/aromatic N) is 1. The summed E-state index contributed by atoms with van der Waals surface area (Å²) >= 11 is 0. The molecule has 0 saturated heterocycles. The Balaban J connectivity index is 1.19. The second-order valence-corrected chi connectivity index (χ2v) is 13.2. The van der Waals surface area contributed by atoms with E-state index < -0.39 is 0 Å². The molecule has 0 fully saturated rings. The largest absolute Gasteiger partial charge is 0.313 e. The smallest absolute Gasteiger partial charge is 0.0491 e. The Morgan fingerprint density at radius 2 is 1.27 bits per heavy atom. The minimum absolute atomic E-state index is 0.364. The summed E-state index contributed by atoms with van der Waals surface area (Å²) in [5.74, 6) is 0.364. The normalized spacial score (nSPS) is 15.6. The summed E-state index contributed by atoms with van der Waals surface area (Å²) in [6, 6.07) is 51.6. The third-order valence-electron chi connectivity index (χ3n) is 10.2. The van der Waals surface area contributed by atoms with Gasteiger partial charge in [-0.15, -0.1) is 0 Å². The van der Waals surface area contributed by atoms with Gasteiger partial charge in [-0.05, 0) is 128 Å². The van der Waals surface area contributed by atoms with Gasteiger partial charge in [0.2, 0.25) is 0 Å². The van der Waals surface area contributed by atoms with Crippen molar-refractivity contribution >= 4 is 27.1 Å². The van der Waals surface area contributed by atoms with E-state index in [2.05, 4.69) is 187 Å². The van der Waals surface area contributed by atoms with Gasteiger partial charge in [0.15, 0.2) is 0 Å². The Morgan fingerprint density at radius 3 is 2.00 bits per heavy atom. The molecule has 0 bridgehead atoms. The van der Waals surface area contributed by atoms with Crippen LogP contribution in [0.15, 0.2) is 182 Å². The van der Waals surface area contributed by atoms with E-state index in [-0.39, 0.29) is 0 Å². The van der Waals surface area contributed by atoms with Gasteiger partial charge in [-0.2, -0.15) is 0 Å². The van der Waals surface area contributed by atoms with Gasteiger partial charge in [-0.25, -0.2) is 0 Å². The summed E-state index contributed by atoms with van der Waals surface area (Å²) in [7, 11) is 0. The molecule has 0 saturated carbocycles. The first-order valence-electron chi connectivity index (χ1n) is 17.4. The lowest BCUT2D eigenvalue weighted by molar-refractivity contribution is 0.778. The van der Waals surface area contributed by atoms with Crippen LogP contribution in [0.4, 0.5) is 0 Å². The Morgan fingerprint density at radius 1 is 0.510 bits per heavy atom. The monoisotopic (exact) mass is 627 g/mol. The number of hydrogen-bond donors (Lipinski definition) is 0. The molecule has 0 spiro atoms. The third kappa shape index (κ3) is 5.48. The van der Waals surface area contributed by atoms with Crippen LogP contribution in [-0.2, 0) is 0 Å². The van der Waals surface area contributed by atoms with Crippen LogP contribution in [0.25, 0.3) is 66.2 Å². The van der Waals surface area contributed by atoms with E-state index in [9.17, 15) is 0 Å². The highest BCUT2D eigenvalue weighted by atomic mass is 15.0. The minimum atomic E-state index is 0.364. The maximum atomic E-state index is 2.50. The van der Waals surface area contributed by atoms with Gasteiger partial charge < -0.3 is 4.57 Å². The molecule has 0 N–H and O–H groups in total. The van der Waals surface area contributed by atoms with E-state index in [4.69, 9.17) is 0 Å². The first-order valence-corrected chi connectivity index (χ1v) is 17.4. The lowest BCUT2D eigenvalue weighted by Crippen LogP contribution is -2.08. The molecule has 7 aromatic rings. The van der Waals surface area contributed by atoms with Crippen molar-refractivity contribution in [1.29, 1.82) is 0 Å². The zero-order valence-corrected chi connectivity index (χ0v) is 27.5.